The summed E-state index contributed by atoms with van der Waals surface area (Å²) in [5, 5.41) is 13.5. The normalized spacial score (nSPS) is 11.6. The molecular formula is C17H18N2O4. The number of benzene rings is 2. The number of hydrogen-bond acceptors (Lipinski definition) is 4. The number of carbonyl (C=O) groups excluding carboxylic acids is 1. The number of amides is 1. The molecule has 6 heteroatoms. The van der Waals surface area contributed by atoms with Crippen LogP contribution in [0.25, 0.3) is 0 Å². The quantitative estimate of drug-likeness (QED) is 0.653. The molecule has 120 valence electrons. The van der Waals surface area contributed by atoms with Crippen LogP contribution in [0.4, 0.5) is 5.69 Å². The van der Waals surface area contributed by atoms with Gasteiger partial charge >= 0.3 is 0 Å². The van der Waals surface area contributed by atoms with E-state index in [2.05, 4.69) is 5.32 Å². The van der Waals surface area contributed by atoms with E-state index in [-0.39, 0.29) is 17.6 Å². The number of nitrogens with one attached hydrogen (secondary N) is 1. The smallest absolute Gasteiger partial charge is 0.269 e. The number of nitro groups is 1. The average Bonchev–Trinajstić information content (AvgIpc) is 2.55. The van der Waals surface area contributed by atoms with E-state index in [1.807, 2.05) is 38.1 Å². The van der Waals surface area contributed by atoms with Crippen molar-refractivity contribution in [3.8, 4) is 5.75 Å². The van der Waals surface area contributed by atoms with Gasteiger partial charge in [0, 0.05) is 17.7 Å². The third-order valence-corrected chi connectivity index (χ3v) is 3.38. The summed E-state index contributed by atoms with van der Waals surface area (Å²) in [4.78, 5) is 22.3. The number of non-ortho nitro benzene ring substituents is 1. The molecule has 2 rings (SSSR count). The lowest BCUT2D eigenvalue weighted by Crippen LogP contribution is -2.26. The Hall–Kier alpha value is -2.89. The number of hydrogen-bond donors (Lipinski definition) is 1. The van der Waals surface area contributed by atoms with Gasteiger partial charge in [0.05, 0.1) is 17.6 Å². The molecule has 0 fully saturated rings. The molecule has 1 atom stereocenters. The van der Waals surface area contributed by atoms with Crippen molar-refractivity contribution in [2.45, 2.75) is 19.9 Å². The number of rotatable bonds is 6. The molecule has 1 amide bonds. The predicted octanol–water partition coefficient (Wildman–Crippen LogP) is 3.48. The van der Waals surface area contributed by atoms with Crippen molar-refractivity contribution in [3.05, 3.63) is 69.8 Å². The van der Waals surface area contributed by atoms with Crippen molar-refractivity contribution in [2.24, 2.45) is 0 Å². The zero-order valence-corrected chi connectivity index (χ0v) is 13.0. The minimum atomic E-state index is -0.496. The van der Waals surface area contributed by atoms with E-state index in [4.69, 9.17) is 4.74 Å². The van der Waals surface area contributed by atoms with E-state index in [0.717, 1.165) is 11.3 Å². The molecule has 0 saturated carbocycles. The molecule has 0 aliphatic heterocycles. The minimum absolute atomic E-state index is 0.0406. The fourth-order valence-electron chi connectivity index (χ4n) is 2.12. The van der Waals surface area contributed by atoms with Crippen molar-refractivity contribution in [3.63, 3.8) is 0 Å². The highest BCUT2D eigenvalue weighted by atomic mass is 16.6. The fraction of sp³-hybridized carbons (Fsp3) is 0.235. The van der Waals surface area contributed by atoms with E-state index >= 15 is 0 Å². The molecule has 0 aliphatic rings. The molecule has 0 saturated heterocycles. The van der Waals surface area contributed by atoms with Crippen LogP contribution in [0, 0.1) is 10.1 Å². The van der Waals surface area contributed by atoms with E-state index in [0.29, 0.717) is 12.2 Å². The Morgan fingerprint density at radius 1 is 1.17 bits per heavy atom. The molecule has 2 aromatic carbocycles. The Morgan fingerprint density at radius 2 is 1.78 bits per heavy atom. The van der Waals surface area contributed by atoms with Crippen molar-refractivity contribution in [1.82, 2.24) is 5.32 Å². The highest BCUT2D eigenvalue weighted by molar-refractivity contribution is 5.94. The van der Waals surface area contributed by atoms with Crippen molar-refractivity contribution >= 4 is 11.6 Å². The molecule has 23 heavy (non-hydrogen) atoms. The van der Waals surface area contributed by atoms with E-state index in [9.17, 15) is 14.9 Å². The summed E-state index contributed by atoms with van der Waals surface area (Å²) in [6.45, 7) is 4.39. The third kappa shape index (κ3) is 4.29. The highest BCUT2D eigenvalue weighted by Crippen LogP contribution is 2.18. The van der Waals surface area contributed by atoms with Crippen LogP contribution >= 0.6 is 0 Å². The maximum absolute atomic E-state index is 12.2. The van der Waals surface area contributed by atoms with Gasteiger partial charge in [-0.25, -0.2) is 0 Å². The van der Waals surface area contributed by atoms with Gasteiger partial charge in [-0.05, 0) is 43.7 Å². The lowest BCUT2D eigenvalue weighted by atomic mass is 10.1. The summed E-state index contributed by atoms with van der Waals surface area (Å²) in [6.07, 6.45) is 0. The van der Waals surface area contributed by atoms with Crippen LogP contribution < -0.4 is 10.1 Å². The number of nitrogens with zero attached hydrogens (tertiary/aromatic N) is 1. The van der Waals surface area contributed by atoms with Gasteiger partial charge in [-0.2, -0.15) is 0 Å². The maximum atomic E-state index is 12.2. The molecule has 0 heterocycles. The predicted molar refractivity (Wildman–Crippen MR) is 86.6 cm³/mol. The molecule has 0 unspecified atom stereocenters. The zero-order chi connectivity index (χ0) is 16.8. The van der Waals surface area contributed by atoms with Gasteiger partial charge in [0.1, 0.15) is 5.75 Å². The standard InChI is InChI=1S/C17H18N2O4/c1-3-23-16-10-6-13(7-11-16)12(2)18-17(20)14-4-8-15(9-5-14)19(21)22/h4-12H,3H2,1-2H3,(H,18,20)/t12-/m1/s1. The first-order valence-electron chi connectivity index (χ1n) is 7.29. The highest BCUT2D eigenvalue weighted by Gasteiger charge is 2.13. The molecule has 0 aliphatic carbocycles. The maximum Gasteiger partial charge on any atom is 0.269 e. The summed E-state index contributed by atoms with van der Waals surface area (Å²) < 4.78 is 5.38. The summed E-state index contributed by atoms with van der Waals surface area (Å²) in [5.41, 5.74) is 1.29. The Balaban J connectivity index is 2.02. The van der Waals surface area contributed by atoms with Crippen molar-refractivity contribution in [2.75, 3.05) is 6.61 Å². The number of ether oxygens (including phenoxy) is 1. The summed E-state index contributed by atoms with van der Waals surface area (Å²) >= 11 is 0. The van der Waals surface area contributed by atoms with Gasteiger partial charge in [0.2, 0.25) is 0 Å². The lowest BCUT2D eigenvalue weighted by Gasteiger charge is -2.15. The first-order chi connectivity index (χ1) is 11.0. The van der Waals surface area contributed by atoms with Gasteiger partial charge < -0.3 is 10.1 Å². The Bertz CT molecular complexity index is 681. The third-order valence-electron chi connectivity index (χ3n) is 3.38. The van der Waals surface area contributed by atoms with Gasteiger partial charge in [-0.15, -0.1) is 0 Å². The molecule has 0 radical (unpaired) electrons. The van der Waals surface area contributed by atoms with Gasteiger partial charge in [-0.3, -0.25) is 14.9 Å². The first kappa shape index (κ1) is 16.5. The van der Waals surface area contributed by atoms with E-state index in [1.54, 1.807) is 0 Å². The monoisotopic (exact) mass is 314 g/mol. The van der Waals surface area contributed by atoms with Gasteiger partial charge in [0.15, 0.2) is 0 Å². The van der Waals surface area contributed by atoms with E-state index < -0.39 is 4.92 Å². The van der Waals surface area contributed by atoms with Crippen LogP contribution in [0.15, 0.2) is 48.5 Å². The van der Waals surface area contributed by atoms with Crippen LogP contribution in [-0.2, 0) is 0 Å². The Morgan fingerprint density at radius 3 is 2.30 bits per heavy atom. The number of carbonyl (C=O) groups is 1. The second kappa shape index (κ2) is 7.40. The topological polar surface area (TPSA) is 81.5 Å². The largest absolute Gasteiger partial charge is 0.494 e. The second-order valence-electron chi connectivity index (χ2n) is 5.00. The minimum Gasteiger partial charge on any atom is -0.494 e. The molecular weight excluding hydrogens is 296 g/mol. The van der Waals surface area contributed by atoms with Crippen molar-refractivity contribution < 1.29 is 14.5 Å². The van der Waals surface area contributed by atoms with Crippen LogP contribution in [0.2, 0.25) is 0 Å². The second-order valence-corrected chi connectivity index (χ2v) is 5.00. The summed E-state index contributed by atoms with van der Waals surface area (Å²) in [7, 11) is 0. The molecule has 1 N–H and O–H groups in total. The zero-order valence-electron chi connectivity index (χ0n) is 13.0. The average molecular weight is 314 g/mol. The Kier molecular flexibility index (Phi) is 5.30. The van der Waals surface area contributed by atoms with Crippen LogP contribution in [0.3, 0.4) is 0 Å². The van der Waals surface area contributed by atoms with Crippen molar-refractivity contribution in [1.29, 1.82) is 0 Å². The number of nitro benzene ring substituents is 1. The summed E-state index contributed by atoms with van der Waals surface area (Å²) in [5.74, 6) is 0.506. The lowest BCUT2D eigenvalue weighted by molar-refractivity contribution is -0.384. The molecule has 6 nitrogen and oxygen atoms in total. The molecule has 2 aromatic rings. The van der Waals surface area contributed by atoms with Gasteiger partial charge in [-0.1, -0.05) is 12.1 Å². The van der Waals surface area contributed by atoms with Crippen LogP contribution in [-0.4, -0.2) is 17.4 Å². The molecule has 0 spiro atoms. The first-order valence-corrected chi connectivity index (χ1v) is 7.29. The summed E-state index contributed by atoms with van der Waals surface area (Å²) in [6, 6.07) is 12.8. The van der Waals surface area contributed by atoms with Crippen LogP contribution in [0.1, 0.15) is 35.8 Å². The van der Waals surface area contributed by atoms with Gasteiger partial charge in [0.25, 0.3) is 11.6 Å². The fourth-order valence-corrected chi connectivity index (χ4v) is 2.12. The van der Waals surface area contributed by atoms with E-state index in [1.165, 1.54) is 24.3 Å². The Labute approximate surface area is 134 Å². The molecule has 0 bridgehead atoms. The SMILES string of the molecule is CCOc1ccc([C@@H](C)NC(=O)c2ccc([N+](=O)[O-])cc2)cc1. The molecule has 0 aromatic heterocycles. The van der Waals surface area contributed by atoms with Crippen LogP contribution in [0.5, 0.6) is 5.75 Å².